The van der Waals surface area contributed by atoms with Crippen LogP contribution in [0.4, 0.5) is 0 Å². The Labute approximate surface area is 195 Å². The summed E-state index contributed by atoms with van der Waals surface area (Å²) in [6.45, 7) is 20.0. The fourth-order valence-corrected chi connectivity index (χ4v) is 2.25. The first kappa shape index (κ1) is 32.8. The van der Waals surface area contributed by atoms with E-state index in [2.05, 4.69) is 9.97 Å². The summed E-state index contributed by atoms with van der Waals surface area (Å²) < 4.78 is 0. The number of hydrogen-bond acceptors (Lipinski definition) is 2. The first-order valence-electron chi connectivity index (χ1n) is 11.1. The van der Waals surface area contributed by atoms with Gasteiger partial charge in [-0.2, -0.15) is 0 Å². The van der Waals surface area contributed by atoms with Crippen LogP contribution in [0.25, 0.3) is 23.1 Å². The van der Waals surface area contributed by atoms with E-state index in [0.717, 1.165) is 16.5 Å². The molecule has 168 valence electrons. The van der Waals surface area contributed by atoms with Crippen LogP contribution in [0.5, 0.6) is 0 Å². The number of rotatable bonds is 2. The van der Waals surface area contributed by atoms with Crippen LogP contribution >= 0.6 is 23.2 Å². The molecule has 1 aromatic heterocycles. The van der Waals surface area contributed by atoms with Gasteiger partial charge in [-0.25, -0.2) is 9.97 Å². The average Bonchev–Trinajstić information content (AvgIpc) is 2.85. The number of para-hydroxylation sites is 1. The molecule has 0 N–H and O–H groups in total. The van der Waals surface area contributed by atoms with Crippen molar-refractivity contribution in [2.45, 2.75) is 69.2 Å². The van der Waals surface area contributed by atoms with E-state index < -0.39 is 0 Å². The van der Waals surface area contributed by atoms with Crippen LogP contribution in [0.15, 0.2) is 48.5 Å². The Morgan fingerprint density at radius 2 is 1.10 bits per heavy atom. The molecule has 0 aliphatic heterocycles. The lowest BCUT2D eigenvalue weighted by molar-refractivity contribution is 1.19. The van der Waals surface area contributed by atoms with Gasteiger partial charge in [0.05, 0.1) is 5.52 Å². The van der Waals surface area contributed by atoms with Gasteiger partial charge in [0, 0.05) is 10.4 Å². The molecule has 3 aromatic rings. The van der Waals surface area contributed by atoms with E-state index >= 15 is 0 Å². The van der Waals surface area contributed by atoms with E-state index in [4.69, 9.17) is 23.2 Å². The molecular weight excluding hydrogens is 411 g/mol. The zero-order valence-electron chi connectivity index (χ0n) is 20.4. The summed E-state index contributed by atoms with van der Waals surface area (Å²) in [4.78, 5) is 8.74. The Morgan fingerprint density at radius 1 is 0.600 bits per heavy atom. The van der Waals surface area contributed by atoms with Gasteiger partial charge in [-0.1, -0.05) is 123 Å². The quantitative estimate of drug-likeness (QED) is 0.362. The molecule has 0 saturated heterocycles. The standard InChI is InChI=1S/C16H10Cl2N2.5C2H6/c17-12-8-5-11(6-9-12)7-10-15-19-14-4-2-1-3-13(14)16(18)20-15;5*1-2/h1-10H;5*1-2H3/b10-7+;;;;;. The number of halogens is 2. The van der Waals surface area contributed by atoms with Crippen molar-refractivity contribution in [3.8, 4) is 0 Å². The van der Waals surface area contributed by atoms with Crippen LogP contribution in [-0.4, -0.2) is 9.97 Å². The van der Waals surface area contributed by atoms with Crippen molar-refractivity contribution in [2.24, 2.45) is 0 Å². The van der Waals surface area contributed by atoms with Crippen LogP contribution in [0.1, 0.15) is 80.6 Å². The number of fused-ring (bicyclic) bond motifs is 1. The molecule has 0 atom stereocenters. The first-order chi connectivity index (χ1) is 14.7. The van der Waals surface area contributed by atoms with Gasteiger partial charge in [0.2, 0.25) is 0 Å². The zero-order valence-corrected chi connectivity index (χ0v) is 21.9. The van der Waals surface area contributed by atoms with E-state index in [0.29, 0.717) is 16.0 Å². The minimum atomic E-state index is 0.464. The van der Waals surface area contributed by atoms with Gasteiger partial charge >= 0.3 is 0 Å². The van der Waals surface area contributed by atoms with Crippen molar-refractivity contribution in [2.75, 3.05) is 0 Å². The molecule has 0 bridgehead atoms. The van der Waals surface area contributed by atoms with Gasteiger partial charge in [-0.05, 0) is 35.9 Å². The van der Waals surface area contributed by atoms with Crippen molar-refractivity contribution in [3.63, 3.8) is 0 Å². The third-order valence-corrected chi connectivity index (χ3v) is 3.41. The van der Waals surface area contributed by atoms with Gasteiger partial charge in [-0.3, -0.25) is 0 Å². The molecule has 0 aliphatic rings. The molecule has 2 nitrogen and oxygen atoms in total. The molecule has 0 fully saturated rings. The molecule has 2 aromatic carbocycles. The smallest absolute Gasteiger partial charge is 0.154 e. The number of nitrogens with zero attached hydrogens (tertiary/aromatic N) is 2. The highest BCUT2D eigenvalue weighted by Gasteiger charge is 2.02. The van der Waals surface area contributed by atoms with Crippen molar-refractivity contribution in [3.05, 3.63) is 70.1 Å². The van der Waals surface area contributed by atoms with E-state index in [9.17, 15) is 0 Å². The lowest BCUT2D eigenvalue weighted by Gasteiger charge is -2.00. The number of hydrogen-bond donors (Lipinski definition) is 0. The summed E-state index contributed by atoms with van der Waals surface area (Å²) in [6.07, 6.45) is 3.76. The van der Waals surface area contributed by atoms with Crippen LogP contribution in [0.3, 0.4) is 0 Å². The number of aromatic nitrogens is 2. The fourth-order valence-electron chi connectivity index (χ4n) is 1.87. The Kier molecular flexibility index (Phi) is 25.5. The summed E-state index contributed by atoms with van der Waals surface area (Å²) in [5, 5.41) is 2.04. The molecule has 3 rings (SSSR count). The predicted octanol–water partition coefficient (Wildman–Crippen LogP) is 10.2. The van der Waals surface area contributed by atoms with Gasteiger partial charge in [-0.15, -0.1) is 0 Å². The summed E-state index contributed by atoms with van der Waals surface area (Å²) >= 11 is 12.0. The van der Waals surface area contributed by atoms with Crippen LogP contribution in [-0.2, 0) is 0 Å². The second kappa shape index (κ2) is 23.4. The molecular formula is C26H40Cl2N2. The Balaban J connectivity index is -0.000000642. The SMILES string of the molecule is CC.CC.CC.CC.CC.Clc1ccc(/C=C/c2nc(Cl)c3ccccc3n2)cc1. The Bertz CT molecular complexity index is 783. The zero-order chi connectivity index (χ0) is 23.9. The predicted molar refractivity (Wildman–Crippen MR) is 142 cm³/mol. The topological polar surface area (TPSA) is 25.8 Å². The first-order valence-corrected chi connectivity index (χ1v) is 11.8. The van der Waals surface area contributed by atoms with E-state index in [1.165, 1.54) is 0 Å². The fraction of sp³-hybridized carbons (Fsp3) is 0.385. The summed E-state index contributed by atoms with van der Waals surface area (Å²) in [5.41, 5.74) is 1.87. The van der Waals surface area contributed by atoms with E-state index in [-0.39, 0.29) is 0 Å². The normalized spacial score (nSPS) is 8.53. The van der Waals surface area contributed by atoms with Crippen molar-refractivity contribution < 1.29 is 0 Å². The van der Waals surface area contributed by atoms with E-state index in [1.807, 2.05) is 130 Å². The summed E-state index contributed by atoms with van der Waals surface area (Å²) in [6, 6.07) is 15.2. The lowest BCUT2D eigenvalue weighted by atomic mass is 10.2. The largest absolute Gasteiger partial charge is 0.229 e. The lowest BCUT2D eigenvalue weighted by Crippen LogP contribution is -1.90. The maximum atomic E-state index is 6.16. The second-order valence-corrected chi connectivity index (χ2v) is 5.07. The molecule has 0 spiro atoms. The number of benzene rings is 2. The Hall–Kier alpha value is -1.90. The monoisotopic (exact) mass is 450 g/mol. The molecule has 0 aliphatic carbocycles. The van der Waals surface area contributed by atoms with E-state index in [1.54, 1.807) is 0 Å². The van der Waals surface area contributed by atoms with Crippen LogP contribution < -0.4 is 0 Å². The molecule has 0 unspecified atom stereocenters. The highest BCUT2D eigenvalue weighted by molar-refractivity contribution is 6.34. The average molecular weight is 452 g/mol. The maximum Gasteiger partial charge on any atom is 0.154 e. The van der Waals surface area contributed by atoms with Crippen molar-refractivity contribution >= 4 is 46.3 Å². The highest BCUT2D eigenvalue weighted by Crippen LogP contribution is 2.20. The van der Waals surface area contributed by atoms with Crippen molar-refractivity contribution in [1.82, 2.24) is 9.97 Å². The maximum absolute atomic E-state index is 6.16. The molecule has 4 heteroatoms. The summed E-state index contributed by atoms with van der Waals surface area (Å²) in [7, 11) is 0. The molecule has 0 amide bonds. The molecule has 0 saturated carbocycles. The summed E-state index contributed by atoms with van der Waals surface area (Å²) in [5.74, 6) is 0.587. The molecule has 1 heterocycles. The molecule has 30 heavy (non-hydrogen) atoms. The van der Waals surface area contributed by atoms with Gasteiger partial charge in [0.15, 0.2) is 5.82 Å². The van der Waals surface area contributed by atoms with Gasteiger partial charge in [0.25, 0.3) is 0 Å². The minimum Gasteiger partial charge on any atom is -0.229 e. The van der Waals surface area contributed by atoms with Crippen LogP contribution in [0.2, 0.25) is 10.2 Å². The molecule has 0 radical (unpaired) electrons. The highest BCUT2D eigenvalue weighted by atomic mass is 35.5. The third kappa shape index (κ3) is 12.6. The Morgan fingerprint density at radius 3 is 1.63 bits per heavy atom. The second-order valence-electron chi connectivity index (χ2n) is 4.27. The minimum absolute atomic E-state index is 0.464. The van der Waals surface area contributed by atoms with Crippen LogP contribution in [0, 0.1) is 0 Å². The van der Waals surface area contributed by atoms with Gasteiger partial charge < -0.3 is 0 Å². The third-order valence-electron chi connectivity index (χ3n) is 2.87. The van der Waals surface area contributed by atoms with Crippen molar-refractivity contribution in [1.29, 1.82) is 0 Å². The van der Waals surface area contributed by atoms with Gasteiger partial charge in [0.1, 0.15) is 5.15 Å².